The van der Waals surface area contributed by atoms with Crippen molar-refractivity contribution in [2.75, 3.05) is 11.1 Å². The number of nitro groups is 1. The molecule has 0 aliphatic heterocycles. The predicted octanol–water partition coefficient (Wildman–Crippen LogP) is 4.22. The number of thioether (sulfide) groups is 1. The zero-order valence-corrected chi connectivity index (χ0v) is 17.1. The van der Waals surface area contributed by atoms with E-state index in [0.717, 1.165) is 17.8 Å². The summed E-state index contributed by atoms with van der Waals surface area (Å²) in [4.78, 5) is 22.7. The van der Waals surface area contributed by atoms with Crippen molar-refractivity contribution < 1.29 is 14.1 Å². The van der Waals surface area contributed by atoms with E-state index in [9.17, 15) is 19.3 Å². The molecule has 0 radical (unpaired) electrons. The number of benzene rings is 2. The van der Waals surface area contributed by atoms with E-state index >= 15 is 0 Å². The number of carbonyl (C=O) groups is 1. The average molecular weight is 459 g/mol. The highest BCUT2D eigenvalue weighted by molar-refractivity contribution is 7.99. The molecular weight excluding hydrogens is 447 g/mol. The third kappa shape index (κ3) is 4.62. The third-order valence-corrected chi connectivity index (χ3v) is 5.35. The number of nitro benzene ring substituents is 1. The molecule has 1 N–H and O–H groups in total. The summed E-state index contributed by atoms with van der Waals surface area (Å²) in [5.41, 5.74) is 1.73. The zero-order chi connectivity index (χ0) is 22.0. The highest BCUT2D eigenvalue weighted by Gasteiger charge is 2.14. The van der Waals surface area contributed by atoms with E-state index in [4.69, 9.17) is 11.6 Å². The molecule has 2 heterocycles. The van der Waals surface area contributed by atoms with Crippen LogP contribution >= 0.6 is 23.4 Å². The summed E-state index contributed by atoms with van der Waals surface area (Å²) in [6.07, 6.45) is 0. The zero-order valence-electron chi connectivity index (χ0n) is 15.5. The summed E-state index contributed by atoms with van der Waals surface area (Å²) in [7, 11) is 0. The van der Waals surface area contributed by atoms with Crippen molar-refractivity contribution in [2.45, 2.75) is 5.16 Å². The molecule has 4 rings (SSSR count). The Morgan fingerprint density at radius 3 is 2.81 bits per heavy atom. The van der Waals surface area contributed by atoms with Crippen molar-refractivity contribution >= 4 is 46.3 Å². The van der Waals surface area contributed by atoms with Crippen LogP contribution in [0.15, 0.2) is 59.8 Å². The molecule has 2 aromatic heterocycles. The van der Waals surface area contributed by atoms with Crippen molar-refractivity contribution in [3.05, 3.63) is 75.6 Å². The fourth-order valence-electron chi connectivity index (χ4n) is 2.69. The lowest BCUT2D eigenvalue weighted by Crippen LogP contribution is -2.14. The molecule has 0 atom stereocenters. The molecule has 0 aliphatic rings. The number of non-ortho nitro benzene ring substituents is 1. The Morgan fingerprint density at radius 2 is 2.03 bits per heavy atom. The lowest BCUT2D eigenvalue weighted by molar-refractivity contribution is -0.384. The van der Waals surface area contributed by atoms with Crippen molar-refractivity contribution in [3.8, 4) is 11.3 Å². The van der Waals surface area contributed by atoms with E-state index in [0.29, 0.717) is 22.1 Å². The number of fused-ring (bicyclic) bond motifs is 1. The fourth-order valence-corrected chi connectivity index (χ4v) is 3.50. The van der Waals surface area contributed by atoms with Gasteiger partial charge in [-0.1, -0.05) is 35.5 Å². The van der Waals surface area contributed by atoms with Crippen LogP contribution in [0, 0.1) is 15.9 Å². The molecule has 0 aliphatic carbocycles. The van der Waals surface area contributed by atoms with Crippen molar-refractivity contribution in [2.24, 2.45) is 0 Å². The molecule has 9 nitrogen and oxygen atoms in total. The molecule has 0 saturated heterocycles. The van der Waals surface area contributed by atoms with Gasteiger partial charge in [0.15, 0.2) is 5.65 Å². The fraction of sp³-hybridized carbons (Fsp3) is 0.0526. The number of anilines is 1. The largest absolute Gasteiger partial charge is 0.325 e. The Kier molecular flexibility index (Phi) is 5.78. The predicted molar refractivity (Wildman–Crippen MR) is 114 cm³/mol. The molecule has 31 heavy (non-hydrogen) atoms. The minimum Gasteiger partial charge on any atom is -0.325 e. The molecule has 1 amide bonds. The first-order chi connectivity index (χ1) is 14.9. The molecule has 0 saturated carbocycles. The molecule has 4 aromatic rings. The Balaban J connectivity index is 1.51. The van der Waals surface area contributed by atoms with Gasteiger partial charge < -0.3 is 5.32 Å². The highest BCUT2D eigenvalue weighted by Crippen LogP contribution is 2.24. The van der Waals surface area contributed by atoms with Crippen LogP contribution in [-0.2, 0) is 4.79 Å². The van der Waals surface area contributed by atoms with Crippen LogP contribution in [0.3, 0.4) is 0 Å². The van der Waals surface area contributed by atoms with E-state index in [2.05, 4.69) is 20.6 Å². The second kappa shape index (κ2) is 8.66. The number of nitrogens with one attached hydrogen (secondary N) is 1. The van der Waals surface area contributed by atoms with Crippen molar-refractivity contribution in [1.82, 2.24) is 19.8 Å². The van der Waals surface area contributed by atoms with Gasteiger partial charge in [0.1, 0.15) is 5.82 Å². The number of hydrogen-bond donors (Lipinski definition) is 1. The normalized spacial score (nSPS) is 10.9. The second-order valence-corrected chi connectivity index (χ2v) is 7.59. The summed E-state index contributed by atoms with van der Waals surface area (Å²) in [5.74, 6) is -1.03. The Morgan fingerprint density at radius 1 is 1.19 bits per heavy atom. The molecule has 0 bridgehead atoms. The molecule has 156 valence electrons. The summed E-state index contributed by atoms with van der Waals surface area (Å²) >= 11 is 6.72. The Labute approximate surface area is 183 Å². The summed E-state index contributed by atoms with van der Waals surface area (Å²) in [5, 5.41) is 26.4. The van der Waals surface area contributed by atoms with Gasteiger partial charge >= 0.3 is 0 Å². The van der Waals surface area contributed by atoms with E-state index < -0.39 is 10.7 Å². The van der Waals surface area contributed by atoms with Crippen molar-refractivity contribution in [3.63, 3.8) is 0 Å². The molecule has 12 heteroatoms. The summed E-state index contributed by atoms with van der Waals surface area (Å²) in [6.45, 7) is 0. The smallest absolute Gasteiger partial charge is 0.270 e. The lowest BCUT2D eigenvalue weighted by atomic mass is 10.1. The second-order valence-electron chi connectivity index (χ2n) is 6.24. The Hall–Kier alpha value is -3.57. The maximum Gasteiger partial charge on any atom is 0.270 e. The number of aromatic nitrogens is 4. The first-order valence-electron chi connectivity index (χ1n) is 8.76. The number of halogens is 2. The number of nitrogens with zero attached hydrogens (tertiary/aromatic N) is 5. The van der Waals surface area contributed by atoms with Crippen LogP contribution in [0.1, 0.15) is 0 Å². The number of hydrogen-bond acceptors (Lipinski definition) is 7. The van der Waals surface area contributed by atoms with E-state index in [1.54, 1.807) is 24.3 Å². The standard InChI is InChI=1S/C19H12ClFN6O3S/c20-14-5-4-12(9-15(14)21)22-18(28)10-31-19-24-23-17-7-6-16(25-26(17)19)11-2-1-3-13(8-11)27(29)30/h1-9H,10H2,(H,22,28). The first kappa shape index (κ1) is 20.7. The summed E-state index contributed by atoms with van der Waals surface area (Å²) < 4.78 is 15.0. The Bertz CT molecular complexity index is 1320. The van der Waals surface area contributed by atoms with Gasteiger partial charge in [-0.3, -0.25) is 14.9 Å². The van der Waals surface area contributed by atoms with Crippen LogP contribution in [0.5, 0.6) is 0 Å². The topological polar surface area (TPSA) is 115 Å². The first-order valence-corrected chi connectivity index (χ1v) is 10.1. The van der Waals surface area contributed by atoms with Crippen LogP contribution in [-0.4, -0.2) is 36.4 Å². The van der Waals surface area contributed by atoms with Gasteiger partial charge in [0.2, 0.25) is 11.1 Å². The third-order valence-electron chi connectivity index (χ3n) is 4.12. The van der Waals surface area contributed by atoms with Gasteiger partial charge in [-0.15, -0.1) is 10.2 Å². The number of amides is 1. The van der Waals surface area contributed by atoms with Gasteiger partial charge in [-0.05, 0) is 30.3 Å². The van der Waals surface area contributed by atoms with Crippen LogP contribution in [0.25, 0.3) is 16.9 Å². The SMILES string of the molecule is O=C(CSc1nnc2ccc(-c3cccc([N+](=O)[O-])c3)nn12)Nc1ccc(Cl)c(F)c1. The van der Waals surface area contributed by atoms with Crippen LogP contribution in [0.4, 0.5) is 15.8 Å². The lowest BCUT2D eigenvalue weighted by Gasteiger charge is -2.06. The van der Waals surface area contributed by atoms with E-state index in [-0.39, 0.29) is 28.1 Å². The van der Waals surface area contributed by atoms with Crippen LogP contribution < -0.4 is 5.32 Å². The molecule has 0 fully saturated rings. The van der Waals surface area contributed by atoms with Crippen molar-refractivity contribution in [1.29, 1.82) is 0 Å². The quantitative estimate of drug-likeness (QED) is 0.261. The van der Waals surface area contributed by atoms with Gasteiger partial charge in [0.05, 0.1) is 21.4 Å². The minimum atomic E-state index is -0.631. The summed E-state index contributed by atoms with van der Waals surface area (Å²) in [6, 6.07) is 13.4. The van der Waals surface area contributed by atoms with Gasteiger partial charge in [0, 0.05) is 23.4 Å². The molecule has 2 aromatic carbocycles. The van der Waals surface area contributed by atoms with Crippen LogP contribution in [0.2, 0.25) is 5.02 Å². The minimum absolute atomic E-state index is 0.0201. The number of rotatable bonds is 6. The van der Waals surface area contributed by atoms with E-state index in [1.807, 2.05) is 0 Å². The molecule has 0 spiro atoms. The monoisotopic (exact) mass is 458 g/mol. The van der Waals surface area contributed by atoms with Gasteiger partial charge in [0.25, 0.3) is 5.69 Å². The van der Waals surface area contributed by atoms with Gasteiger partial charge in [-0.2, -0.15) is 9.61 Å². The van der Waals surface area contributed by atoms with Gasteiger partial charge in [-0.25, -0.2) is 4.39 Å². The van der Waals surface area contributed by atoms with E-state index in [1.165, 1.54) is 28.8 Å². The molecular formula is C19H12ClFN6O3S. The molecule has 0 unspecified atom stereocenters. The number of carbonyl (C=O) groups excluding carboxylic acids is 1. The maximum absolute atomic E-state index is 13.5. The maximum atomic E-state index is 13.5. The highest BCUT2D eigenvalue weighted by atomic mass is 35.5. The average Bonchev–Trinajstić information content (AvgIpc) is 3.17.